The quantitative estimate of drug-likeness (QED) is 0.575. The van der Waals surface area contributed by atoms with E-state index in [0.29, 0.717) is 6.61 Å². The van der Waals surface area contributed by atoms with Crippen LogP contribution in [0.25, 0.3) is 5.57 Å². The number of rotatable bonds is 3. The van der Waals surface area contributed by atoms with Gasteiger partial charge in [-0.2, -0.15) is 0 Å². The van der Waals surface area contributed by atoms with Crippen LogP contribution in [0.3, 0.4) is 0 Å². The second-order valence-electron chi connectivity index (χ2n) is 3.90. The van der Waals surface area contributed by atoms with Crippen LogP contribution >= 0.6 is 0 Å². The average molecular weight is 218 g/mol. The van der Waals surface area contributed by atoms with E-state index in [4.69, 9.17) is 4.74 Å². The molecule has 0 bridgehead atoms. The van der Waals surface area contributed by atoms with Gasteiger partial charge in [-0.05, 0) is 44.4 Å². The average Bonchev–Trinajstić information content (AvgIpc) is 2.21. The summed E-state index contributed by atoms with van der Waals surface area (Å²) in [6.45, 7) is 8.23. The van der Waals surface area contributed by atoms with E-state index in [1.807, 2.05) is 20.8 Å². The lowest BCUT2D eigenvalue weighted by atomic mass is 9.99. The Hall–Kier alpha value is -1.57. The van der Waals surface area contributed by atoms with Crippen molar-refractivity contribution in [3.05, 3.63) is 41.0 Å². The molecule has 0 saturated heterocycles. The van der Waals surface area contributed by atoms with Gasteiger partial charge >= 0.3 is 5.97 Å². The molecule has 0 aliphatic rings. The maximum atomic E-state index is 11.3. The van der Waals surface area contributed by atoms with Crippen LogP contribution in [-0.4, -0.2) is 12.6 Å². The van der Waals surface area contributed by atoms with Crippen molar-refractivity contribution in [1.29, 1.82) is 0 Å². The predicted octanol–water partition coefficient (Wildman–Crippen LogP) is 3.27. The van der Waals surface area contributed by atoms with Gasteiger partial charge in [0.15, 0.2) is 0 Å². The second-order valence-corrected chi connectivity index (χ2v) is 3.90. The van der Waals surface area contributed by atoms with Crippen molar-refractivity contribution in [3.63, 3.8) is 0 Å². The van der Waals surface area contributed by atoms with E-state index in [-0.39, 0.29) is 5.97 Å². The number of aryl methyl sites for hydroxylation is 2. The van der Waals surface area contributed by atoms with Crippen LogP contribution in [0.5, 0.6) is 0 Å². The molecule has 0 N–H and O–H groups in total. The largest absolute Gasteiger partial charge is 0.463 e. The lowest BCUT2D eigenvalue weighted by Crippen LogP contribution is -2.00. The number of hydrogen-bond acceptors (Lipinski definition) is 2. The molecule has 16 heavy (non-hydrogen) atoms. The Kier molecular flexibility index (Phi) is 4.29. The fraction of sp³-hybridized carbons (Fsp3) is 0.357. The highest BCUT2D eigenvalue weighted by atomic mass is 16.5. The zero-order valence-corrected chi connectivity index (χ0v) is 10.3. The molecule has 0 aliphatic heterocycles. The normalized spacial score (nSPS) is 11.4. The first kappa shape index (κ1) is 12.5. The maximum Gasteiger partial charge on any atom is 0.331 e. The summed E-state index contributed by atoms with van der Waals surface area (Å²) in [5.41, 5.74) is 4.41. The third kappa shape index (κ3) is 3.23. The molecule has 0 aromatic heterocycles. The highest BCUT2D eigenvalue weighted by Gasteiger charge is 2.04. The molecule has 86 valence electrons. The van der Waals surface area contributed by atoms with Crippen LogP contribution in [0.2, 0.25) is 0 Å². The van der Waals surface area contributed by atoms with E-state index in [1.165, 1.54) is 11.1 Å². The van der Waals surface area contributed by atoms with Crippen molar-refractivity contribution in [2.24, 2.45) is 0 Å². The summed E-state index contributed by atoms with van der Waals surface area (Å²) >= 11 is 0. The number of benzene rings is 1. The van der Waals surface area contributed by atoms with E-state index in [9.17, 15) is 4.79 Å². The van der Waals surface area contributed by atoms with Crippen molar-refractivity contribution >= 4 is 11.5 Å². The number of ether oxygens (including phenoxy) is 1. The third-order valence-corrected chi connectivity index (χ3v) is 2.44. The van der Waals surface area contributed by atoms with Gasteiger partial charge in [-0.1, -0.05) is 23.8 Å². The van der Waals surface area contributed by atoms with Gasteiger partial charge in [0.25, 0.3) is 0 Å². The Morgan fingerprint density at radius 1 is 1.38 bits per heavy atom. The number of carbonyl (C=O) groups excluding carboxylic acids is 1. The molecule has 0 heterocycles. The first-order valence-corrected chi connectivity index (χ1v) is 5.47. The molecule has 1 rings (SSSR count). The first-order chi connectivity index (χ1) is 7.54. The van der Waals surface area contributed by atoms with Crippen LogP contribution in [-0.2, 0) is 9.53 Å². The predicted molar refractivity (Wildman–Crippen MR) is 66.2 cm³/mol. The molecule has 2 heteroatoms. The van der Waals surface area contributed by atoms with Gasteiger partial charge in [-0.25, -0.2) is 4.79 Å². The fourth-order valence-electron chi connectivity index (χ4n) is 1.60. The van der Waals surface area contributed by atoms with Crippen molar-refractivity contribution < 1.29 is 9.53 Å². The van der Waals surface area contributed by atoms with Crippen LogP contribution in [0.4, 0.5) is 0 Å². The van der Waals surface area contributed by atoms with Crippen LogP contribution < -0.4 is 0 Å². The number of hydrogen-bond donors (Lipinski definition) is 0. The molecule has 0 fully saturated rings. The molecule has 2 nitrogen and oxygen atoms in total. The molecular formula is C14H18O2. The molecule has 0 unspecified atom stereocenters. The lowest BCUT2D eigenvalue weighted by molar-refractivity contribution is -0.137. The monoisotopic (exact) mass is 218 g/mol. The lowest BCUT2D eigenvalue weighted by Gasteiger charge is -2.07. The Balaban J connectivity index is 2.99. The minimum Gasteiger partial charge on any atom is -0.463 e. The molecule has 1 aromatic rings. The summed E-state index contributed by atoms with van der Waals surface area (Å²) in [5, 5.41) is 0. The van der Waals surface area contributed by atoms with E-state index >= 15 is 0 Å². The molecule has 0 spiro atoms. The number of allylic oxidation sites excluding steroid dienone is 1. The van der Waals surface area contributed by atoms with Crippen molar-refractivity contribution in [1.82, 2.24) is 0 Å². The van der Waals surface area contributed by atoms with Gasteiger partial charge in [0.2, 0.25) is 0 Å². The van der Waals surface area contributed by atoms with Gasteiger partial charge < -0.3 is 4.74 Å². The van der Waals surface area contributed by atoms with Crippen LogP contribution in [0, 0.1) is 13.8 Å². The minimum absolute atomic E-state index is 0.277. The molecule has 0 saturated carbocycles. The van der Waals surface area contributed by atoms with Crippen LogP contribution in [0.15, 0.2) is 24.3 Å². The molecule has 1 aromatic carbocycles. The molecule has 0 aliphatic carbocycles. The summed E-state index contributed by atoms with van der Waals surface area (Å²) in [6, 6.07) is 6.21. The second kappa shape index (κ2) is 5.50. The van der Waals surface area contributed by atoms with Gasteiger partial charge in [0, 0.05) is 6.08 Å². The van der Waals surface area contributed by atoms with Crippen molar-refractivity contribution in [3.8, 4) is 0 Å². The topological polar surface area (TPSA) is 26.3 Å². The SMILES string of the molecule is CCOC(=O)/C=C(/C)c1cc(C)ccc1C. The summed E-state index contributed by atoms with van der Waals surface area (Å²) in [4.78, 5) is 11.3. The molecule has 0 atom stereocenters. The molecule has 0 amide bonds. The molecular weight excluding hydrogens is 200 g/mol. The highest BCUT2D eigenvalue weighted by Crippen LogP contribution is 2.19. The van der Waals surface area contributed by atoms with E-state index in [2.05, 4.69) is 18.2 Å². The Morgan fingerprint density at radius 3 is 2.69 bits per heavy atom. The fourth-order valence-corrected chi connectivity index (χ4v) is 1.60. The van der Waals surface area contributed by atoms with Gasteiger partial charge in [0.05, 0.1) is 6.61 Å². The summed E-state index contributed by atoms with van der Waals surface area (Å²) in [6.07, 6.45) is 1.55. The highest BCUT2D eigenvalue weighted by molar-refractivity contribution is 5.91. The van der Waals surface area contributed by atoms with Crippen LogP contribution in [0.1, 0.15) is 30.5 Å². The smallest absolute Gasteiger partial charge is 0.331 e. The minimum atomic E-state index is -0.277. The van der Waals surface area contributed by atoms with Gasteiger partial charge in [0.1, 0.15) is 0 Å². The molecule has 0 radical (unpaired) electrons. The Bertz CT molecular complexity index is 417. The van der Waals surface area contributed by atoms with E-state index < -0.39 is 0 Å². The van der Waals surface area contributed by atoms with Gasteiger partial charge in [-0.15, -0.1) is 0 Å². The third-order valence-electron chi connectivity index (χ3n) is 2.44. The zero-order valence-electron chi connectivity index (χ0n) is 10.3. The standard InChI is InChI=1S/C14H18O2/c1-5-16-14(15)9-12(4)13-8-10(2)6-7-11(13)3/h6-9H,5H2,1-4H3/b12-9-. The Labute approximate surface area is 96.9 Å². The Morgan fingerprint density at radius 2 is 2.06 bits per heavy atom. The maximum absolute atomic E-state index is 11.3. The first-order valence-electron chi connectivity index (χ1n) is 5.47. The summed E-state index contributed by atoms with van der Waals surface area (Å²) in [5.74, 6) is -0.277. The van der Waals surface area contributed by atoms with Gasteiger partial charge in [-0.3, -0.25) is 0 Å². The summed E-state index contributed by atoms with van der Waals surface area (Å²) in [7, 11) is 0. The summed E-state index contributed by atoms with van der Waals surface area (Å²) < 4.78 is 4.89. The zero-order chi connectivity index (χ0) is 12.1. The van der Waals surface area contributed by atoms with E-state index in [1.54, 1.807) is 13.0 Å². The van der Waals surface area contributed by atoms with Crippen molar-refractivity contribution in [2.75, 3.05) is 6.61 Å². The van der Waals surface area contributed by atoms with E-state index in [0.717, 1.165) is 11.1 Å². The van der Waals surface area contributed by atoms with Crippen molar-refractivity contribution in [2.45, 2.75) is 27.7 Å². The number of esters is 1. The number of carbonyl (C=O) groups is 1.